The van der Waals surface area contributed by atoms with Gasteiger partial charge in [0, 0.05) is 23.2 Å². The van der Waals surface area contributed by atoms with Crippen LogP contribution in [0.5, 0.6) is 5.75 Å². The summed E-state index contributed by atoms with van der Waals surface area (Å²) in [7, 11) is 1.30. The average molecular weight is 306 g/mol. The third-order valence-corrected chi connectivity index (χ3v) is 2.85. The van der Waals surface area contributed by atoms with Gasteiger partial charge in [0.15, 0.2) is 6.61 Å². The van der Waals surface area contributed by atoms with Crippen molar-refractivity contribution in [2.45, 2.75) is 26.4 Å². The molecule has 1 aromatic carbocycles. The van der Waals surface area contributed by atoms with Crippen LogP contribution in [0.2, 0.25) is 10.0 Å². The van der Waals surface area contributed by atoms with Gasteiger partial charge >= 0.3 is 5.97 Å². The molecule has 0 aliphatic rings. The number of hydrogen-bond donors (Lipinski definition) is 1. The molecule has 4 nitrogen and oxygen atoms in total. The predicted molar refractivity (Wildman–Crippen MR) is 75.9 cm³/mol. The lowest BCUT2D eigenvalue weighted by molar-refractivity contribution is -0.142. The van der Waals surface area contributed by atoms with Crippen molar-refractivity contribution in [2.24, 2.45) is 0 Å². The maximum atomic E-state index is 11.1. The molecule has 0 fully saturated rings. The van der Waals surface area contributed by atoms with Crippen LogP contribution in [0.1, 0.15) is 19.4 Å². The molecule has 0 aliphatic heterocycles. The minimum atomic E-state index is -0.464. The van der Waals surface area contributed by atoms with Crippen molar-refractivity contribution >= 4 is 29.2 Å². The third kappa shape index (κ3) is 5.27. The van der Waals surface area contributed by atoms with E-state index in [1.165, 1.54) is 7.11 Å². The molecular formula is C13H17Cl2NO3. The normalized spacial score (nSPS) is 10.6. The second-order valence-corrected chi connectivity index (χ2v) is 5.12. The average Bonchev–Trinajstić information content (AvgIpc) is 2.34. The SMILES string of the molecule is COC(=O)COc1c(Cl)cc(Cl)cc1CNC(C)C. The summed E-state index contributed by atoms with van der Waals surface area (Å²) >= 11 is 12.1. The highest BCUT2D eigenvalue weighted by Crippen LogP contribution is 2.32. The lowest BCUT2D eigenvalue weighted by Gasteiger charge is -2.15. The smallest absolute Gasteiger partial charge is 0.343 e. The lowest BCUT2D eigenvalue weighted by atomic mass is 10.2. The van der Waals surface area contributed by atoms with Crippen molar-refractivity contribution < 1.29 is 14.3 Å². The Kier molecular flexibility index (Phi) is 6.42. The van der Waals surface area contributed by atoms with Crippen LogP contribution in [0.15, 0.2) is 12.1 Å². The summed E-state index contributed by atoms with van der Waals surface area (Å²) < 4.78 is 9.93. The molecule has 0 aliphatic carbocycles. The summed E-state index contributed by atoms with van der Waals surface area (Å²) in [6.07, 6.45) is 0. The molecule has 0 aromatic heterocycles. The molecule has 0 unspecified atom stereocenters. The van der Waals surface area contributed by atoms with Crippen LogP contribution < -0.4 is 10.1 Å². The fourth-order valence-electron chi connectivity index (χ4n) is 1.41. The predicted octanol–water partition coefficient (Wildman–Crippen LogP) is 3.04. The van der Waals surface area contributed by atoms with Crippen LogP contribution in [0.4, 0.5) is 0 Å². The zero-order chi connectivity index (χ0) is 14.4. The van der Waals surface area contributed by atoms with Gasteiger partial charge in [-0.25, -0.2) is 4.79 Å². The van der Waals surface area contributed by atoms with Gasteiger partial charge in [0.25, 0.3) is 0 Å². The summed E-state index contributed by atoms with van der Waals surface area (Å²) in [5.41, 5.74) is 0.801. The number of rotatable bonds is 6. The molecule has 0 spiro atoms. The first kappa shape index (κ1) is 16.1. The fraction of sp³-hybridized carbons (Fsp3) is 0.462. The van der Waals surface area contributed by atoms with Gasteiger partial charge < -0.3 is 14.8 Å². The standard InChI is InChI=1S/C13H17Cl2NO3/c1-8(2)16-6-9-4-10(14)5-11(15)13(9)19-7-12(17)18-3/h4-5,8,16H,6-7H2,1-3H3. The summed E-state index contributed by atoms with van der Waals surface area (Å²) in [4.78, 5) is 11.1. The van der Waals surface area contributed by atoms with Crippen molar-refractivity contribution in [3.63, 3.8) is 0 Å². The van der Waals surface area contributed by atoms with Crippen LogP contribution >= 0.6 is 23.2 Å². The summed E-state index contributed by atoms with van der Waals surface area (Å²) in [5.74, 6) is -0.0154. The molecule has 0 atom stereocenters. The first-order valence-electron chi connectivity index (χ1n) is 5.85. The van der Waals surface area contributed by atoms with E-state index >= 15 is 0 Å². The zero-order valence-electron chi connectivity index (χ0n) is 11.1. The monoisotopic (exact) mass is 305 g/mol. The Morgan fingerprint density at radius 2 is 2.05 bits per heavy atom. The van der Waals surface area contributed by atoms with Crippen molar-refractivity contribution in [2.75, 3.05) is 13.7 Å². The number of ether oxygens (including phenoxy) is 2. The molecule has 0 saturated carbocycles. The number of halogens is 2. The molecule has 1 aromatic rings. The minimum absolute atomic E-state index is 0.188. The Morgan fingerprint density at radius 3 is 2.63 bits per heavy atom. The van der Waals surface area contributed by atoms with E-state index in [-0.39, 0.29) is 6.61 Å². The van der Waals surface area contributed by atoms with Gasteiger partial charge in [0.05, 0.1) is 12.1 Å². The summed E-state index contributed by atoms with van der Waals surface area (Å²) in [6.45, 7) is 4.42. The number of methoxy groups -OCH3 is 1. The molecule has 106 valence electrons. The summed E-state index contributed by atoms with van der Waals surface area (Å²) in [6, 6.07) is 3.65. The van der Waals surface area contributed by atoms with Crippen molar-refractivity contribution in [3.05, 3.63) is 27.7 Å². The number of nitrogens with one attached hydrogen (secondary N) is 1. The third-order valence-electron chi connectivity index (χ3n) is 2.35. The van der Waals surface area contributed by atoms with Gasteiger partial charge in [0.1, 0.15) is 5.75 Å². The molecule has 6 heteroatoms. The van der Waals surface area contributed by atoms with E-state index in [1.54, 1.807) is 12.1 Å². The van der Waals surface area contributed by atoms with Crippen LogP contribution in [-0.4, -0.2) is 25.7 Å². The Hall–Kier alpha value is -0.970. The van der Waals surface area contributed by atoms with E-state index in [4.69, 9.17) is 27.9 Å². The highest BCUT2D eigenvalue weighted by molar-refractivity contribution is 6.35. The van der Waals surface area contributed by atoms with Crippen LogP contribution in [0.25, 0.3) is 0 Å². The topological polar surface area (TPSA) is 47.6 Å². The van der Waals surface area contributed by atoms with Gasteiger partial charge in [-0.05, 0) is 12.1 Å². The molecule has 0 saturated heterocycles. The van der Waals surface area contributed by atoms with Crippen molar-refractivity contribution in [3.8, 4) is 5.75 Å². The van der Waals surface area contributed by atoms with Crippen molar-refractivity contribution in [1.82, 2.24) is 5.32 Å². The van der Waals surface area contributed by atoms with Crippen LogP contribution in [-0.2, 0) is 16.1 Å². The molecule has 0 heterocycles. The van der Waals surface area contributed by atoms with E-state index in [9.17, 15) is 4.79 Å². The van der Waals surface area contributed by atoms with E-state index in [2.05, 4.69) is 10.1 Å². The fourth-order valence-corrected chi connectivity index (χ4v) is 2.00. The van der Waals surface area contributed by atoms with E-state index < -0.39 is 5.97 Å². The van der Waals surface area contributed by atoms with Gasteiger partial charge in [-0.1, -0.05) is 37.0 Å². The Bertz CT molecular complexity index is 450. The van der Waals surface area contributed by atoms with Gasteiger partial charge in [-0.15, -0.1) is 0 Å². The lowest BCUT2D eigenvalue weighted by Crippen LogP contribution is -2.22. The van der Waals surface area contributed by atoms with E-state index in [1.807, 2.05) is 13.8 Å². The Morgan fingerprint density at radius 1 is 1.37 bits per heavy atom. The van der Waals surface area contributed by atoms with Gasteiger partial charge in [-0.2, -0.15) is 0 Å². The molecule has 0 amide bonds. The first-order chi connectivity index (χ1) is 8.93. The largest absolute Gasteiger partial charge is 0.480 e. The second-order valence-electron chi connectivity index (χ2n) is 4.28. The number of carbonyl (C=O) groups excluding carboxylic acids is 1. The molecular weight excluding hydrogens is 289 g/mol. The number of hydrogen-bond acceptors (Lipinski definition) is 4. The van der Waals surface area contributed by atoms with E-state index in [0.717, 1.165) is 5.56 Å². The molecule has 0 radical (unpaired) electrons. The Balaban J connectivity index is 2.89. The number of carbonyl (C=O) groups is 1. The first-order valence-corrected chi connectivity index (χ1v) is 6.60. The molecule has 19 heavy (non-hydrogen) atoms. The van der Waals surface area contributed by atoms with Crippen molar-refractivity contribution in [1.29, 1.82) is 0 Å². The Labute approximate surface area is 123 Å². The molecule has 1 N–H and O–H groups in total. The summed E-state index contributed by atoms with van der Waals surface area (Å²) in [5, 5.41) is 4.14. The van der Waals surface area contributed by atoms with Gasteiger partial charge in [-0.3, -0.25) is 0 Å². The van der Waals surface area contributed by atoms with E-state index in [0.29, 0.717) is 28.4 Å². The quantitative estimate of drug-likeness (QED) is 0.821. The highest BCUT2D eigenvalue weighted by Gasteiger charge is 2.13. The highest BCUT2D eigenvalue weighted by atomic mass is 35.5. The molecule has 1 rings (SSSR count). The minimum Gasteiger partial charge on any atom is -0.480 e. The van der Waals surface area contributed by atoms with Crippen LogP contribution in [0, 0.1) is 0 Å². The number of esters is 1. The zero-order valence-corrected chi connectivity index (χ0v) is 12.6. The number of benzene rings is 1. The van der Waals surface area contributed by atoms with Crippen LogP contribution in [0.3, 0.4) is 0 Å². The maximum absolute atomic E-state index is 11.1. The second kappa shape index (κ2) is 7.58. The maximum Gasteiger partial charge on any atom is 0.343 e. The molecule has 0 bridgehead atoms. The van der Waals surface area contributed by atoms with Gasteiger partial charge in [0.2, 0.25) is 0 Å².